The predicted octanol–water partition coefficient (Wildman–Crippen LogP) is 7.14. The van der Waals surface area contributed by atoms with Crippen molar-refractivity contribution in [1.82, 2.24) is 4.31 Å². The molecule has 0 atom stereocenters. The zero-order valence-electron chi connectivity index (χ0n) is 22.9. The van der Waals surface area contributed by atoms with Crippen molar-refractivity contribution < 1.29 is 27.1 Å². The Morgan fingerprint density at radius 3 is 2.17 bits per heavy atom. The van der Waals surface area contributed by atoms with Gasteiger partial charge in [-0.2, -0.15) is 4.31 Å². The summed E-state index contributed by atoms with van der Waals surface area (Å²) in [6, 6.07) is 31.3. The van der Waals surface area contributed by atoms with Crippen molar-refractivity contribution in [3.8, 4) is 11.5 Å². The molecule has 0 saturated heterocycles. The van der Waals surface area contributed by atoms with E-state index in [9.17, 15) is 13.2 Å². The summed E-state index contributed by atoms with van der Waals surface area (Å²) >= 11 is 0. The van der Waals surface area contributed by atoms with E-state index in [2.05, 4.69) is 0 Å². The standard InChI is InChI=1S/C33H31NO6S/c1-3-38-33(35)32-24(2)30-22-29(18-19-31(30)40-32)41(36,37)34(21-20-25-10-6-4-7-11-25)23-26-14-16-28(17-15-26)39-27-12-8-5-9-13-27/h4-19,22H,3,20-21,23H2,1-2H3. The molecule has 0 aliphatic rings. The maximum atomic E-state index is 14.0. The SMILES string of the molecule is CCOC(=O)c1oc2ccc(S(=O)(=O)N(CCc3ccccc3)Cc3ccc(Oc4ccccc4)cc3)cc2c1C. The fourth-order valence-corrected chi connectivity index (χ4v) is 6.03. The van der Waals surface area contributed by atoms with E-state index in [0.717, 1.165) is 16.9 Å². The molecule has 41 heavy (non-hydrogen) atoms. The number of carbonyl (C=O) groups is 1. The Bertz CT molecular complexity index is 1730. The second-order valence-corrected chi connectivity index (χ2v) is 11.5. The van der Waals surface area contributed by atoms with Crippen molar-refractivity contribution in [2.75, 3.05) is 13.2 Å². The largest absolute Gasteiger partial charge is 0.460 e. The molecule has 210 valence electrons. The molecule has 5 rings (SSSR count). The predicted molar refractivity (Wildman–Crippen MR) is 158 cm³/mol. The van der Waals surface area contributed by atoms with Crippen molar-refractivity contribution in [2.45, 2.75) is 31.7 Å². The zero-order valence-corrected chi connectivity index (χ0v) is 23.8. The smallest absolute Gasteiger partial charge is 0.374 e. The van der Waals surface area contributed by atoms with E-state index in [1.807, 2.05) is 84.9 Å². The number of aryl methyl sites for hydroxylation is 1. The summed E-state index contributed by atoms with van der Waals surface area (Å²) in [6.07, 6.45) is 0.551. The maximum absolute atomic E-state index is 14.0. The highest BCUT2D eigenvalue weighted by atomic mass is 32.2. The Morgan fingerprint density at radius 2 is 1.49 bits per heavy atom. The minimum atomic E-state index is -3.91. The number of para-hydroxylation sites is 1. The second kappa shape index (κ2) is 12.4. The highest BCUT2D eigenvalue weighted by Gasteiger charge is 2.27. The third kappa shape index (κ3) is 6.51. The van der Waals surface area contributed by atoms with Crippen LogP contribution in [0.3, 0.4) is 0 Å². The first kappa shape index (κ1) is 28.1. The Hall–Kier alpha value is -4.40. The molecule has 0 aliphatic carbocycles. The van der Waals surface area contributed by atoms with Gasteiger partial charge in [0.2, 0.25) is 15.8 Å². The molecule has 0 fully saturated rings. The van der Waals surface area contributed by atoms with Crippen LogP contribution in [0.2, 0.25) is 0 Å². The number of esters is 1. The van der Waals surface area contributed by atoms with Gasteiger partial charge in [0.05, 0.1) is 11.5 Å². The highest BCUT2D eigenvalue weighted by Crippen LogP contribution is 2.30. The molecule has 0 amide bonds. The fourth-order valence-electron chi connectivity index (χ4n) is 4.57. The first-order valence-corrected chi connectivity index (χ1v) is 14.9. The van der Waals surface area contributed by atoms with Crippen molar-refractivity contribution in [3.63, 3.8) is 0 Å². The van der Waals surface area contributed by atoms with Crippen LogP contribution in [-0.2, 0) is 27.7 Å². The Labute approximate surface area is 240 Å². The summed E-state index contributed by atoms with van der Waals surface area (Å²) in [4.78, 5) is 12.4. The second-order valence-electron chi connectivity index (χ2n) is 9.57. The van der Waals surface area contributed by atoms with Gasteiger partial charge in [-0.3, -0.25) is 0 Å². The van der Waals surface area contributed by atoms with Crippen LogP contribution in [0.4, 0.5) is 0 Å². The molecule has 0 spiro atoms. The van der Waals surface area contributed by atoms with Gasteiger partial charge in [-0.25, -0.2) is 13.2 Å². The number of carbonyl (C=O) groups excluding carboxylic acids is 1. The van der Waals surface area contributed by atoms with Crippen molar-refractivity contribution >= 4 is 27.0 Å². The molecule has 5 aromatic rings. The van der Waals surface area contributed by atoms with Crippen molar-refractivity contribution in [3.05, 3.63) is 126 Å². The normalized spacial score (nSPS) is 11.6. The summed E-state index contributed by atoms with van der Waals surface area (Å²) in [7, 11) is -3.91. The zero-order chi connectivity index (χ0) is 28.8. The van der Waals surface area contributed by atoms with Crippen LogP contribution >= 0.6 is 0 Å². The summed E-state index contributed by atoms with van der Waals surface area (Å²) in [5.41, 5.74) is 2.83. The molecule has 0 radical (unpaired) electrons. The maximum Gasteiger partial charge on any atom is 0.374 e. The van der Waals surface area contributed by atoms with Gasteiger partial charge >= 0.3 is 5.97 Å². The summed E-state index contributed by atoms with van der Waals surface area (Å²) < 4.78 is 46.3. The summed E-state index contributed by atoms with van der Waals surface area (Å²) in [5.74, 6) is 0.894. The van der Waals surface area contributed by atoms with E-state index in [-0.39, 0.29) is 30.4 Å². The van der Waals surface area contributed by atoms with Gasteiger partial charge in [0, 0.05) is 24.0 Å². The topological polar surface area (TPSA) is 86.0 Å². The van der Waals surface area contributed by atoms with Crippen LogP contribution in [-0.4, -0.2) is 31.8 Å². The molecule has 0 N–H and O–H groups in total. The molecule has 0 bridgehead atoms. The first-order chi connectivity index (χ1) is 19.8. The fraction of sp³-hybridized carbons (Fsp3) is 0.182. The average Bonchev–Trinajstić information content (AvgIpc) is 3.33. The van der Waals surface area contributed by atoms with Gasteiger partial charge in [-0.15, -0.1) is 0 Å². The van der Waals surface area contributed by atoms with Crippen LogP contribution in [0.1, 0.15) is 34.2 Å². The van der Waals surface area contributed by atoms with E-state index in [1.54, 1.807) is 26.0 Å². The van der Waals surface area contributed by atoms with Crippen LogP contribution in [0.15, 0.2) is 112 Å². The number of sulfonamides is 1. The highest BCUT2D eigenvalue weighted by molar-refractivity contribution is 7.89. The van der Waals surface area contributed by atoms with Gasteiger partial charge in [-0.1, -0.05) is 60.7 Å². The number of ether oxygens (including phenoxy) is 2. The lowest BCUT2D eigenvalue weighted by Gasteiger charge is -2.23. The minimum Gasteiger partial charge on any atom is -0.460 e. The van der Waals surface area contributed by atoms with Crippen molar-refractivity contribution in [2.24, 2.45) is 0 Å². The average molecular weight is 570 g/mol. The van der Waals surface area contributed by atoms with Gasteiger partial charge in [0.25, 0.3) is 0 Å². The molecule has 1 aromatic heterocycles. The Morgan fingerprint density at radius 1 is 0.829 bits per heavy atom. The monoisotopic (exact) mass is 569 g/mol. The Balaban J connectivity index is 1.43. The van der Waals surface area contributed by atoms with Crippen LogP contribution in [0.5, 0.6) is 11.5 Å². The van der Waals surface area contributed by atoms with Crippen molar-refractivity contribution in [1.29, 1.82) is 0 Å². The summed E-state index contributed by atoms with van der Waals surface area (Å²) in [6.45, 7) is 4.11. The number of fused-ring (bicyclic) bond motifs is 1. The van der Waals surface area contributed by atoms with Crippen LogP contribution in [0, 0.1) is 6.92 Å². The van der Waals surface area contributed by atoms with Gasteiger partial charge in [-0.05, 0) is 73.9 Å². The molecule has 1 heterocycles. The van der Waals surface area contributed by atoms with E-state index in [4.69, 9.17) is 13.9 Å². The molecule has 0 unspecified atom stereocenters. The molecule has 7 nitrogen and oxygen atoms in total. The quantitative estimate of drug-likeness (QED) is 0.157. The van der Waals surface area contributed by atoms with E-state index >= 15 is 0 Å². The van der Waals surface area contributed by atoms with E-state index in [0.29, 0.717) is 28.7 Å². The molecule has 0 saturated carbocycles. The number of hydrogen-bond acceptors (Lipinski definition) is 6. The molecule has 0 aliphatic heterocycles. The Kier molecular flexibility index (Phi) is 8.52. The lowest BCUT2D eigenvalue weighted by molar-refractivity contribution is 0.0491. The lowest BCUT2D eigenvalue weighted by Crippen LogP contribution is -2.32. The van der Waals surface area contributed by atoms with Crippen LogP contribution < -0.4 is 4.74 Å². The van der Waals surface area contributed by atoms with Crippen LogP contribution in [0.25, 0.3) is 11.0 Å². The van der Waals surface area contributed by atoms with E-state index in [1.165, 1.54) is 10.4 Å². The number of benzene rings is 4. The molecule has 4 aromatic carbocycles. The van der Waals surface area contributed by atoms with Gasteiger partial charge in [0.15, 0.2) is 0 Å². The molecule has 8 heteroatoms. The molecular weight excluding hydrogens is 538 g/mol. The minimum absolute atomic E-state index is 0.0788. The summed E-state index contributed by atoms with van der Waals surface area (Å²) in [5, 5.41) is 0.555. The third-order valence-electron chi connectivity index (χ3n) is 6.76. The van der Waals surface area contributed by atoms with E-state index < -0.39 is 16.0 Å². The van der Waals surface area contributed by atoms with Gasteiger partial charge in [0.1, 0.15) is 17.1 Å². The first-order valence-electron chi connectivity index (χ1n) is 13.4. The lowest BCUT2D eigenvalue weighted by atomic mass is 10.1. The van der Waals surface area contributed by atoms with Gasteiger partial charge < -0.3 is 13.9 Å². The number of rotatable bonds is 11. The third-order valence-corrected chi connectivity index (χ3v) is 8.60. The molecular formula is C33H31NO6S. The number of nitrogens with zero attached hydrogens (tertiary/aromatic N) is 1. The number of hydrogen-bond donors (Lipinski definition) is 0. The number of furan rings is 1.